The Labute approximate surface area is 240 Å². The average molecular weight is 591 g/mol. The summed E-state index contributed by atoms with van der Waals surface area (Å²) in [5, 5.41) is 3.48. The summed E-state index contributed by atoms with van der Waals surface area (Å²) in [6, 6.07) is 17.2. The van der Waals surface area contributed by atoms with Crippen molar-refractivity contribution in [2.75, 3.05) is 10.8 Å². The Morgan fingerprint density at radius 2 is 1.46 bits per heavy atom. The average Bonchev–Trinajstić information content (AvgIpc) is 2.86. The minimum absolute atomic E-state index is 0.0497. The van der Waals surface area contributed by atoms with Crippen LogP contribution in [-0.4, -0.2) is 43.8 Å². The molecule has 3 aromatic carbocycles. The number of benzene rings is 3. The van der Waals surface area contributed by atoms with Gasteiger partial charge in [0, 0.05) is 28.2 Å². The van der Waals surface area contributed by atoms with E-state index in [4.69, 9.17) is 23.2 Å². The lowest BCUT2D eigenvalue weighted by molar-refractivity contribution is -0.139. The summed E-state index contributed by atoms with van der Waals surface area (Å²) in [4.78, 5) is 28.3. The number of anilines is 1. The van der Waals surface area contributed by atoms with Crippen LogP contribution in [0, 0.1) is 13.8 Å². The SMILES string of the molecule is Cc1ccc(S(=O)(=O)N(CC(=O)N(Cc2c(Cl)cccc2Cl)[C@H](C)C(=O)NC(C)C)c2cccc(C)c2)cc1. The van der Waals surface area contributed by atoms with Crippen LogP contribution in [0.1, 0.15) is 37.5 Å². The van der Waals surface area contributed by atoms with Crippen molar-refractivity contribution in [1.82, 2.24) is 10.2 Å². The normalized spacial score (nSPS) is 12.2. The van der Waals surface area contributed by atoms with Crippen molar-refractivity contribution in [2.24, 2.45) is 0 Å². The van der Waals surface area contributed by atoms with Gasteiger partial charge in [-0.25, -0.2) is 8.42 Å². The summed E-state index contributed by atoms with van der Waals surface area (Å²) < 4.78 is 28.8. The molecule has 0 fully saturated rings. The van der Waals surface area contributed by atoms with Crippen molar-refractivity contribution in [3.8, 4) is 0 Å². The molecule has 1 atom stereocenters. The maximum Gasteiger partial charge on any atom is 0.264 e. The second kappa shape index (κ2) is 12.9. The number of amides is 2. The number of nitrogens with one attached hydrogen (secondary N) is 1. The molecule has 3 rings (SSSR count). The molecule has 39 heavy (non-hydrogen) atoms. The van der Waals surface area contributed by atoms with E-state index < -0.39 is 28.5 Å². The van der Waals surface area contributed by atoms with E-state index in [9.17, 15) is 18.0 Å². The first kappa shape index (κ1) is 30.5. The van der Waals surface area contributed by atoms with Gasteiger partial charge in [0.1, 0.15) is 12.6 Å². The van der Waals surface area contributed by atoms with Gasteiger partial charge in [0.2, 0.25) is 11.8 Å². The summed E-state index contributed by atoms with van der Waals surface area (Å²) in [6.45, 7) is 8.29. The molecule has 0 aliphatic heterocycles. The van der Waals surface area contributed by atoms with Crippen LogP contribution in [0.5, 0.6) is 0 Å². The Hall–Kier alpha value is -3.07. The maximum atomic E-state index is 14.0. The standard InChI is InChI=1S/C29H33Cl2N3O4S/c1-19(2)32-29(36)22(5)33(17-25-26(30)10-7-11-27(25)31)28(35)18-34(23-9-6-8-21(4)16-23)39(37,38)24-14-12-20(3)13-15-24/h6-16,19,22H,17-18H2,1-5H3,(H,32,36)/t22-/m1/s1. The molecule has 0 radical (unpaired) electrons. The molecular weight excluding hydrogens is 557 g/mol. The minimum Gasteiger partial charge on any atom is -0.352 e. The first-order chi connectivity index (χ1) is 18.3. The molecule has 0 saturated heterocycles. The van der Waals surface area contributed by atoms with Crippen LogP contribution in [0.3, 0.4) is 0 Å². The van der Waals surface area contributed by atoms with E-state index >= 15 is 0 Å². The zero-order valence-electron chi connectivity index (χ0n) is 22.6. The number of hydrogen-bond donors (Lipinski definition) is 1. The predicted octanol–water partition coefficient (Wildman–Crippen LogP) is 5.75. The van der Waals surface area contributed by atoms with Crippen molar-refractivity contribution in [3.05, 3.63) is 93.5 Å². The second-order valence-corrected chi connectivity index (χ2v) is 12.4. The topological polar surface area (TPSA) is 86.8 Å². The van der Waals surface area contributed by atoms with Gasteiger partial charge in [-0.05, 0) is 76.6 Å². The van der Waals surface area contributed by atoms with Gasteiger partial charge >= 0.3 is 0 Å². The summed E-state index contributed by atoms with van der Waals surface area (Å²) in [5.41, 5.74) is 2.52. The van der Waals surface area contributed by atoms with E-state index in [2.05, 4.69) is 5.32 Å². The van der Waals surface area contributed by atoms with E-state index in [1.165, 1.54) is 17.0 Å². The third-order valence-corrected chi connectivity index (χ3v) is 8.66. The number of carbonyl (C=O) groups excluding carboxylic acids is 2. The van der Waals surface area contributed by atoms with Gasteiger partial charge in [0.25, 0.3) is 10.0 Å². The first-order valence-electron chi connectivity index (χ1n) is 12.5. The van der Waals surface area contributed by atoms with Gasteiger partial charge < -0.3 is 10.2 Å². The molecule has 3 aromatic rings. The smallest absolute Gasteiger partial charge is 0.264 e. The second-order valence-electron chi connectivity index (χ2n) is 9.72. The van der Waals surface area contributed by atoms with E-state index in [0.717, 1.165) is 15.4 Å². The molecule has 0 aliphatic rings. The van der Waals surface area contributed by atoms with Crippen molar-refractivity contribution in [1.29, 1.82) is 0 Å². The quantitative estimate of drug-likeness (QED) is 0.326. The molecule has 2 amide bonds. The molecule has 0 bridgehead atoms. The van der Waals surface area contributed by atoms with Gasteiger partial charge in [0.05, 0.1) is 10.6 Å². The monoisotopic (exact) mass is 589 g/mol. The van der Waals surface area contributed by atoms with Gasteiger partial charge in [-0.2, -0.15) is 0 Å². The molecule has 0 spiro atoms. The summed E-state index contributed by atoms with van der Waals surface area (Å²) in [7, 11) is -4.14. The number of halogens is 2. The van der Waals surface area contributed by atoms with Crippen LogP contribution in [-0.2, 0) is 26.2 Å². The summed E-state index contributed by atoms with van der Waals surface area (Å²) >= 11 is 12.8. The van der Waals surface area contributed by atoms with Crippen molar-refractivity contribution < 1.29 is 18.0 Å². The molecule has 1 N–H and O–H groups in total. The van der Waals surface area contributed by atoms with E-state index in [1.54, 1.807) is 55.5 Å². The largest absolute Gasteiger partial charge is 0.352 e. The Kier molecular flexibility index (Phi) is 10.0. The molecule has 10 heteroatoms. The molecule has 0 unspecified atom stereocenters. The molecular formula is C29H33Cl2N3O4S. The van der Waals surface area contributed by atoms with Crippen molar-refractivity contribution in [2.45, 2.75) is 58.1 Å². The van der Waals surface area contributed by atoms with Crippen LogP contribution in [0.25, 0.3) is 0 Å². The highest BCUT2D eigenvalue weighted by atomic mass is 35.5. The Morgan fingerprint density at radius 1 is 0.872 bits per heavy atom. The van der Waals surface area contributed by atoms with Crippen LogP contribution in [0.2, 0.25) is 10.0 Å². The highest BCUT2D eigenvalue weighted by Gasteiger charge is 2.33. The molecule has 0 saturated carbocycles. The first-order valence-corrected chi connectivity index (χ1v) is 14.7. The van der Waals surface area contributed by atoms with E-state index in [-0.39, 0.29) is 23.4 Å². The third-order valence-electron chi connectivity index (χ3n) is 6.17. The van der Waals surface area contributed by atoms with E-state index in [1.807, 2.05) is 33.8 Å². The molecule has 7 nitrogen and oxygen atoms in total. The Bertz CT molecular complexity index is 1420. The van der Waals surface area contributed by atoms with E-state index in [0.29, 0.717) is 21.3 Å². The number of nitrogens with zero attached hydrogens (tertiary/aromatic N) is 2. The molecule has 0 aromatic heterocycles. The lowest BCUT2D eigenvalue weighted by atomic mass is 10.1. The highest BCUT2D eigenvalue weighted by Crippen LogP contribution is 2.28. The lowest BCUT2D eigenvalue weighted by Gasteiger charge is -2.32. The Balaban J connectivity index is 2.07. The molecule has 0 aliphatic carbocycles. The van der Waals surface area contributed by atoms with Gasteiger partial charge in [0.15, 0.2) is 0 Å². The number of hydrogen-bond acceptors (Lipinski definition) is 4. The summed E-state index contributed by atoms with van der Waals surface area (Å²) in [5.74, 6) is -0.973. The van der Waals surface area contributed by atoms with Gasteiger partial charge in [-0.1, -0.05) is 59.1 Å². The fourth-order valence-electron chi connectivity index (χ4n) is 3.99. The number of carbonyl (C=O) groups is 2. The number of sulfonamides is 1. The van der Waals surface area contributed by atoms with Crippen LogP contribution in [0.4, 0.5) is 5.69 Å². The predicted molar refractivity (Wildman–Crippen MR) is 157 cm³/mol. The van der Waals surface area contributed by atoms with Gasteiger partial charge in [-0.3, -0.25) is 13.9 Å². The molecule has 208 valence electrons. The fraction of sp³-hybridized carbons (Fsp3) is 0.310. The minimum atomic E-state index is -4.14. The molecule has 0 heterocycles. The van der Waals surface area contributed by atoms with Gasteiger partial charge in [-0.15, -0.1) is 0 Å². The number of aryl methyl sites for hydroxylation is 2. The highest BCUT2D eigenvalue weighted by molar-refractivity contribution is 7.92. The number of rotatable bonds is 10. The Morgan fingerprint density at radius 3 is 2.03 bits per heavy atom. The van der Waals surface area contributed by atoms with Crippen LogP contribution in [0.15, 0.2) is 71.6 Å². The summed E-state index contributed by atoms with van der Waals surface area (Å²) in [6.07, 6.45) is 0. The van der Waals surface area contributed by atoms with Crippen molar-refractivity contribution in [3.63, 3.8) is 0 Å². The third kappa shape index (κ3) is 7.53. The zero-order valence-corrected chi connectivity index (χ0v) is 24.9. The zero-order chi connectivity index (χ0) is 28.9. The lowest BCUT2D eigenvalue weighted by Crippen LogP contribution is -2.52. The van der Waals surface area contributed by atoms with Crippen LogP contribution >= 0.6 is 23.2 Å². The van der Waals surface area contributed by atoms with Crippen molar-refractivity contribution >= 4 is 50.7 Å². The maximum absolute atomic E-state index is 14.0. The van der Waals surface area contributed by atoms with Crippen LogP contribution < -0.4 is 9.62 Å². The fourth-order valence-corrected chi connectivity index (χ4v) is 5.91.